The van der Waals surface area contributed by atoms with E-state index >= 15 is 0 Å². The standard InChI is InChI=1S/C19H21FN6O/c1-3-25(4-2)18-10-9-14(11-16(18)20)12-21-19(27)15-7-5-6-8-17(15)26-13-22-23-24-26/h5-11,13H,3-4,12H2,1-2H3,(H,21,27). The second-order valence-corrected chi connectivity index (χ2v) is 5.91. The molecule has 0 saturated carbocycles. The number of carbonyl (C=O) groups excluding carboxylic acids is 1. The van der Waals surface area contributed by atoms with Crippen molar-refractivity contribution in [1.29, 1.82) is 0 Å². The van der Waals surface area contributed by atoms with E-state index in [2.05, 4.69) is 20.8 Å². The third kappa shape index (κ3) is 4.11. The number of tetrazole rings is 1. The van der Waals surface area contributed by atoms with Crippen LogP contribution in [0.4, 0.5) is 10.1 Å². The fourth-order valence-corrected chi connectivity index (χ4v) is 2.90. The van der Waals surface area contributed by atoms with Crippen LogP contribution in [0.25, 0.3) is 5.69 Å². The number of hydrogen-bond acceptors (Lipinski definition) is 5. The Morgan fingerprint density at radius 2 is 1.96 bits per heavy atom. The molecular weight excluding hydrogens is 347 g/mol. The average molecular weight is 368 g/mol. The molecule has 0 fully saturated rings. The zero-order valence-corrected chi connectivity index (χ0v) is 15.3. The number of rotatable bonds is 7. The molecule has 8 heteroatoms. The predicted molar refractivity (Wildman–Crippen MR) is 100 cm³/mol. The normalized spacial score (nSPS) is 10.6. The van der Waals surface area contributed by atoms with E-state index in [0.29, 0.717) is 22.5 Å². The van der Waals surface area contributed by atoms with Crippen LogP contribution in [0.5, 0.6) is 0 Å². The van der Waals surface area contributed by atoms with Crippen LogP contribution in [0.1, 0.15) is 29.8 Å². The Labute approximate surface area is 156 Å². The molecule has 140 valence electrons. The maximum absolute atomic E-state index is 14.4. The number of halogens is 1. The molecule has 1 aromatic heterocycles. The fraction of sp³-hybridized carbons (Fsp3) is 0.263. The summed E-state index contributed by atoms with van der Waals surface area (Å²) in [7, 11) is 0. The maximum Gasteiger partial charge on any atom is 0.253 e. The highest BCUT2D eigenvalue weighted by molar-refractivity contribution is 5.97. The van der Waals surface area contributed by atoms with Crippen LogP contribution in [0, 0.1) is 5.82 Å². The molecule has 0 radical (unpaired) electrons. The summed E-state index contributed by atoms with van der Waals surface area (Å²) in [5.74, 6) is -0.575. The van der Waals surface area contributed by atoms with E-state index in [9.17, 15) is 9.18 Å². The zero-order valence-electron chi connectivity index (χ0n) is 15.3. The second kappa shape index (κ2) is 8.39. The van der Waals surface area contributed by atoms with Crippen molar-refractivity contribution in [2.75, 3.05) is 18.0 Å². The topological polar surface area (TPSA) is 75.9 Å². The first-order chi connectivity index (χ1) is 13.1. The fourth-order valence-electron chi connectivity index (χ4n) is 2.90. The van der Waals surface area contributed by atoms with E-state index in [4.69, 9.17) is 0 Å². The van der Waals surface area contributed by atoms with Crippen molar-refractivity contribution in [3.8, 4) is 5.69 Å². The lowest BCUT2D eigenvalue weighted by molar-refractivity contribution is 0.0950. The quantitative estimate of drug-likeness (QED) is 0.694. The van der Waals surface area contributed by atoms with Crippen molar-refractivity contribution in [3.63, 3.8) is 0 Å². The number of anilines is 1. The van der Waals surface area contributed by atoms with E-state index < -0.39 is 0 Å². The maximum atomic E-state index is 14.4. The first-order valence-electron chi connectivity index (χ1n) is 8.78. The number of benzene rings is 2. The number of carbonyl (C=O) groups is 1. The minimum absolute atomic E-state index is 0.220. The van der Waals surface area contributed by atoms with Gasteiger partial charge in [-0.05, 0) is 54.1 Å². The summed E-state index contributed by atoms with van der Waals surface area (Å²) in [5.41, 5.74) is 2.27. The highest BCUT2D eigenvalue weighted by Crippen LogP contribution is 2.20. The van der Waals surface area contributed by atoms with Gasteiger partial charge < -0.3 is 10.2 Å². The van der Waals surface area contributed by atoms with Gasteiger partial charge in [0, 0.05) is 19.6 Å². The minimum Gasteiger partial charge on any atom is -0.370 e. The molecular formula is C19H21FN6O. The molecule has 1 amide bonds. The molecule has 27 heavy (non-hydrogen) atoms. The summed E-state index contributed by atoms with van der Waals surface area (Å²) < 4.78 is 15.8. The number of hydrogen-bond donors (Lipinski definition) is 1. The van der Waals surface area contributed by atoms with Crippen LogP contribution in [0.3, 0.4) is 0 Å². The van der Waals surface area contributed by atoms with Gasteiger partial charge in [0.05, 0.1) is 16.9 Å². The summed E-state index contributed by atoms with van der Waals surface area (Å²) in [4.78, 5) is 14.5. The summed E-state index contributed by atoms with van der Waals surface area (Å²) in [6, 6.07) is 12.0. The summed E-state index contributed by atoms with van der Waals surface area (Å²) >= 11 is 0. The smallest absolute Gasteiger partial charge is 0.253 e. The molecule has 7 nitrogen and oxygen atoms in total. The lowest BCUT2D eigenvalue weighted by Gasteiger charge is -2.22. The van der Waals surface area contributed by atoms with Crippen LogP contribution in [-0.4, -0.2) is 39.2 Å². The Kier molecular flexibility index (Phi) is 5.75. The molecule has 0 aliphatic heterocycles. The predicted octanol–water partition coefficient (Wildman–Crippen LogP) is 2.58. The van der Waals surface area contributed by atoms with Gasteiger partial charge in [-0.3, -0.25) is 4.79 Å². The monoisotopic (exact) mass is 368 g/mol. The molecule has 0 bridgehead atoms. The minimum atomic E-state index is -0.292. The molecule has 2 aromatic carbocycles. The lowest BCUT2D eigenvalue weighted by Crippen LogP contribution is -2.25. The van der Waals surface area contributed by atoms with Gasteiger partial charge in [0.15, 0.2) is 0 Å². The first kappa shape index (κ1) is 18.5. The van der Waals surface area contributed by atoms with Crippen molar-refractivity contribution in [1.82, 2.24) is 25.5 Å². The SMILES string of the molecule is CCN(CC)c1ccc(CNC(=O)c2ccccc2-n2cnnn2)cc1F. The van der Waals surface area contributed by atoms with E-state index in [-0.39, 0.29) is 18.3 Å². The molecule has 0 unspecified atom stereocenters. The van der Waals surface area contributed by atoms with E-state index in [1.54, 1.807) is 30.3 Å². The van der Waals surface area contributed by atoms with Crippen LogP contribution < -0.4 is 10.2 Å². The van der Waals surface area contributed by atoms with Gasteiger partial charge in [-0.15, -0.1) is 5.10 Å². The lowest BCUT2D eigenvalue weighted by atomic mass is 10.1. The molecule has 0 aliphatic rings. The van der Waals surface area contributed by atoms with Crippen LogP contribution in [-0.2, 0) is 6.54 Å². The zero-order chi connectivity index (χ0) is 19.2. The molecule has 1 N–H and O–H groups in total. The van der Waals surface area contributed by atoms with Gasteiger partial charge in [0.25, 0.3) is 5.91 Å². The molecule has 0 atom stereocenters. The Morgan fingerprint density at radius 3 is 2.63 bits per heavy atom. The highest BCUT2D eigenvalue weighted by atomic mass is 19.1. The van der Waals surface area contributed by atoms with Crippen molar-refractivity contribution in [2.24, 2.45) is 0 Å². The van der Waals surface area contributed by atoms with Crippen molar-refractivity contribution >= 4 is 11.6 Å². The van der Waals surface area contributed by atoms with Crippen LogP contribution >= 0.6 is 0 Å². The number of nitrogens with zero attached hydrogens (tertiary/aromatic N) is 5. The second-order valence-electron chi connectivity index (χ2n) is 5.91. The van der Waals surface area contributed by atoms with Crippen LogP contribution in [0.15, 0.2) is 48.8 Å². The van der Waals surface area contributed by atoms with Gasteiger partial charge in [-0.25, -0.2) is 4.39 Å². The first-order valence-corrected chi connectivity index (χ1v) is 8.78. The number of amides is 1. The Hall–Kier alpha value is -3.29. The third-order valence-corrected chi connectivity index (χ3v) is 4.31. The van der Waals surface area contributed by atoms with Gasteiger partial charge in [0.2, 0.25) is 0 Å². The largest absolute Gasteiger partial charge is 0.370 e. The Bertz CT molecular complexity index is 908. The third-order valence-electron chi connectivity index (χ3n) is 4.31. The Balaban J connectivity index is 1.73. The van der Waals surface area contributed by atoms with Crippen molar-refractivity contribution in [3.05, 3.63) is 65.7 Å². The summed E-state index contributed by atoms with van der Waals surface area (Å²) in [6.45, 7) is 5.66. The Morgan fingerprint density at radius 1 is 1.19 bits per heavy atom. The van der Waals surface area contributed by atoms with Gasteiger partial charge >= 0.3 is 0 Å². The average Bonchev–Trinajstić information content (AvgIpc) is 3.23. The summed E-state index contributed by atoms with van der Waals surface area (Å²) in [5, 5.41) is 13.8. The highest BCUT2D eigenvalue weighted by Gasteiger charge is 2.14. The molecule has 0 saturated heterocycles. The van der Waals surface area contributed by atoms with Crippen LogP contribution in [0.2, 0.25) is 0 Å². The number of aromatic nitrogens is 4. The number of nitrogens with one attached hydrogen (secondary N) is 1. The van der Waals surface area contributed by atoms with E-state index in [0.717, 1.165) is 13.1 Å². The molecule has 3 rings (SSSR count). The van der Waals surface area contributed by atoms with E-state index in [1.807, 2.05) is 24.8 Å². The summed E-state index contributed by atoms with van der Waals surface area (Å²) in [6.07, 6.45) is 1.42. The van der Waals surface area contributed by atoms with Crippen molar-refractivity contribution < 1.29 is 9.18 Å². The number of para-hydroxylation sites is 1. The molecule has 0 spiro atoms. The van der Waals surface area contributed by atoms with Gasteiger partial charge in [-0.2, -0.15) is 4.68 Å². The van der Waals surface area contributed by atoms with Crippen molar-refractivity contribution in [2.45, 2.75) is 20.4 Å². The molecule has 0 aliphatic carbocycles. The van der Waals surface area contributed by atoms with Gasteiger partial charge in [0.1, 0.15) is 12.1 Å². The van der Waals surface area contributed by atoms with E-state index in [1.165, 1.54) is 17.1 Å². The molecule has 3 aromatic rings. The van der Waals surface area contributed by atoms with Gasteiger partial charge in [-0.1, -0.05) is 18.2 Å². The molecule has 1 heterocycles.